The summed E-state index contributed by atoms with van der Waals surface area (Å²) in [7, 11) is 0. The van der Waals surface area contributed by atoms with Crippen LogP contribution in [0.25, 0.3) is 21.9 Å². The van der Waals surface area contributed by atoms with Crippen molar-refractivity contribution in [1.82, 2.24) is 0 Å². The Balaban J connectivity index is 1.62. The molecule has 5 aromatic carbocycles. The normalized spacial score (nSPS) is 13.5. The van der Waals surface area contributed by atoms with Gasteiger partial charge in [-0.25, -0.2) is 0 Å². The highest BCUT2D eigenvalue weighted by molar-refractivity contribution is 6.02. The third kappa shape index (κ3) is 3.24. The van der Waals surface area contributed by atoms with Gasteiger partial charge in [-0.2, -0.15) is 0 Å². The molecule has 0 fully saturated rings. The number of benzene rings is 5. The fourth-order valence-electron chi connectivity index (χ4n) is 5.86. The first kappa shape index (κ1) is 21.5. The molecule has 2 heteroatoms. The number of hydrogen-bond acceptors (Lipinski definition) is 2. The number of rotatable bonds is 3. The van der Waals surface area contributed by atoms with E-state index in [9.17, 15) is 0 Å². The molecule has 172 valence electrons. The molecule has 0 atom stereocenters. The summed E-state index contributed by atoms with van der Waals surface area (Å²) in [4.78, 5) is 2.38. The van der Waals surface area contributed by atoms with Crippen molar-refractivity contribution in [2.45, 2.75) is 33.1 Å². The van der Waals surface area contributed by atoms with Crippen molar-refractivity contribution >= 4 is 33.5 Å². The lowest BCUT2D eigenvalue weighted by Gasteiger charge is -2.29. The molecule has 1 aliphatic carbocycles. The molecule has 35 heavy (non-hydrogen) atoms. The quantitative estimate of drug-likeness (QED) is 0.276. The van der Waals surface area contributed by atoms with Crippen molar-refractivity contribution < 1.29 is 0 Å². The van der Waals surface area contributed by atoms with Gasteiger partial charge in [-0.05, 0) is 95.1 Å². The van der Waals surface area contributed by atoms with Crippen molar-refractivity contribution in [3.8, 4) is 11.1 Å². The zero-order valence-electron chi connectivity index (χ0n) is 20.8. The van der Waals surface area contributed by atoms with Crippen LogP contribution in [-0.4, -0.2) is 0 Å². The number of nitrogen functional groups attached to an aromatic ring is 1. The van der Waals surface area contributed by atoms with Gasteiger partial charge in [-0.3, -0.25) is 0 Å². The molecular formula is C33H30N2. The molecule has 0 aromatic heterocycles. The Morgan fingerprint density at radius 2 is 1.31 bits per heavy atom. The Morgan fingerprint density at radius 3 is 2.11 bits per heavy atom. The summed E-state index contributed by atoms with van der Waals surface area (Å²) in [5, 5.41) is 2.57. The van der Waals surface area contributed by atoms with Gasteiger partial charge < -0.3 is 10.6 Å². The molecule has 0 amide bonds. The molecule has 0 radical (unpaired) electrons. The summed E-state index contributed by atoms with van der Waals surface area (Å²) in [6, 6.07) is 35.0. The zero-order valence-corrected chi connectivity index (χ0v) is 20.8. The van der Waals surface area contributed by atoms with Gasteiger partial charge in [0.25, 0.3) is 0 Å². The maximum atomic E-state index is 6.07. The fraction of sp³-hybridized carbons (Fsp3) is 0.152. The van der Waals surface area contributed by atoms with Crippen LogP contribution in [0.15, 0.2) is 97.1 Å². The van der Waals surface area contributed by atoms with Crippen molar-refractivity contribution in [3.05, 3.63) is 119 Å². The van der Waals surface area contributed by atoms with Crippen LogP contribution < -0.4 is 10.6 Å². The maximum absolute atomic E-state index is 6.07. The molecule has 0 bridgehead atoms. The molecule has 6 rings (SSSR count). The third-order valence-corrected chi connectivity index (χ3v) is 7.65. The minimum atomic E-state index is -0.0549. The SMILES string of the molecule is Cc1cccc2c(N(c3ccc(N)cc3)c3ccc4c(c3)C(C)(C)c3ccccc3-4)ccc(C)c12. The molecule has 0 aliphatic heterocycles. The number of nitrogens with zero attached hydrogens (tertiary/aromatic N) is 1. The molecule has 0 spiro atoms. The summed E-state index contributed by atoms with van der Waals surface area (Å²) in [5.74, 6) is 0. The van der Waals surface area contributed by atoms with E-state index < -0.39 is 0 Å². The Hall–Kier alpha value is -4.04. The van der Waals surface area contributed by atoms with E-state index in [4.69, 9.17) is 5.73 Å². The van der Waals surface area contributed by atoms with Gasteiger partial charge in [-0.1, -0.05) is 68.4 Å². The maximum Gasteiger partial charge on any atom is 0.0540 e. The smallest absolute Gasteiger partial charge is 0.0540 e. The van der Waals surface area contributed by atoms with Gasteiger partial charge in [0.15, 0.2) is 0 Å². The molecule has 2 N–H and O–H groups in total. The van der Waals surface area contributed by atoms with E-state index in [0.29, 0.717) is 0 Å². The highest BCUT2D eigenvalue weighted by Gasteiger charge is 2.35. The molecule has 2 nitrogen and oxygen atoms in total. The largest absolute Gasteiger partial charge is 0.399 e. The third-order valence-electron chi connectivity index (χ3n) is 7.65. The average Bonchev–Trinajstić information content (AvgIpc) is 3.09. The summed E-state index contributed by atoms with van der Waals surface area (Å²) in [5.41, 5.74) is 18.2. The Bertz CT molecular complexity index is 1580. The molecule has 0 saturated heterocycles. The van der Waals surface area contributed by atoms with E-state index in [0.717, 1.165) is 17.1 Å². The van der Waals surface area contributed by atoms with Crippen molar-refractivity contribution in [3.63, 3.8) is 0 Å². The topological polar surface area (TPSA) is 29.3 Å². The van der Waals surface area contributed by atoms with Crippen molar-refractivity contribution in [2.24, 2.45) is 0 Å². The molecule has 1 aliphatic rings. The lowest BCUT2D eigenvalue weighted by molar-refractivity contribution is 0.660. The van der Waals surface area contributed by atoms with E-state index in [1.807, 2.05) is 12.1 Å². The minimum absolute atomic E-state index is 0.0549. The minimum Gasteiger partial charge on any atom is -0.399 e. The summed E-state index contributed by atoms with van der Waals surface area (Å²) in [6.07, 6.45) is 0. The van der Waals surface area contributed by atoms with Crippen LogP contribution in [0.2, 0.25) is 0 Å². The first-order valence-electron chi connectivity index (χ1n) is 12.3. The summed E-state index contributed by atoms with van der Waals surface area (Å²) >= 11 is 0. The van der Waals surface area contributed by atoms with Crippen LogP contribution in [0.5, 0.6) is 0 Å². The van der Waals surface area contributed by atoms with Crippen LogP contribution >= 0.6 is 0 Å². The van der Waals surface area contributed by atoms with Gasteiger partial charge in [0.2, 0.25) is 0 Å². The molecular weight excluding hydrogens is 424 g/mol. The summed E-state index contributed by atoms with van der Waals surface area (Å²) < 4.78 is 0. The van der Waals surface area contributed by atoms with Crippen LogP contribution in [0.1, 0.15) is 36.1 Å². The van der Waals surface area contributed by atoms with Gasteiger partial charge in [0, 0.05) is 27.9 Å². The molecule has 0 unspecified atom stereocenters. The van der Waals surface area contributed by atoms with E-state index in [-0.39, 0.29) is 5.41 Å². The van der Waals surface area contributed by atoms with Crippen LogP contribution in [0.3, 0.4) is 0 Å². The van der Waals surface area contributed by atoms with Gasteiger partial charge in [0.1, 0.15) is 0 Å². The van der Waals surface area contributed by atoms with Gasteiger partial charge >= 0.3 is 0 Å². The second-order valence-corrected chi connectivity index (χ2v) is 10.2. The van der Waals surface area contributed by atoms with Crippen molar-refractivity contribution in [1.29, 1.82) is 0 Å². The second-order valence-electron chi connectivity index (χ2n) is 10.2. The summed E-state index contributed by atoms with van der Waals surface area (Å²) in [6.45, 7) is 9.06. The number of nitrogens with two attached hydrogens (primary N) is 1. The number of fused-ring (bicyclic) bond motifs is 4. The van der Waals surface area contributed by atoms with E-state index in [2.05, 4.69) is 118 Å². The predicted molar refractivity (Wildman–Crippen MR) is 150 cm³/mol. The second kappa shape index (κ2) is 7.74. The van der Waals surface area contributed by atoms with Crippen LogP contribution in [0.4, 0.5) is 22.7 Å². The van der Waals surface area contributed by atoms with E-state index in [1.54, 1.807) is 0 Å². The highest BCUT2D eigenvalue weighted by Crippen LogP contribution is 2.51. The van der Waals surface area contributed by atoms with Gasteiger partial charge in [-0.15, -0.1) is 0 Å². The van der Waals surface area contributed by atoms with E-state index >= 15 is 0 Å². The van der Waals surface area contributed by atoms with E-state index in [1.165, 1.54) is 49.8 Å². The predicted octanol–water partition coefficient (Wildman–Crippen LogP) is 8.81. The standard InChI is InChI=1S/C33H30N2/c1-21-8-7-10-28-31(19-12-22(2)32(21)28)35(24-15-13-23(34)14-16-24)25-17-18-27-26-9-5-6-11-29(26)33(3,4)30(27)20-25/h5-20H,34H2,1-4H3. The first-order valence-corrected chi connectivity index (χ1v) is 12.3. The number of hydrogen-bond donors (Lipinski definition) is 1. The molecule has 0 saturated carbocycles. The Morgan fingerprint density at radius 1 is 0.629 bits per heavy atom. The van der Waals surface area contributed by atoms with Crippen LogP contribution in [0, 0.1) is 13.8 Å². The Labute approximate surface area is 207 Å². The highest BCUT2D eigenvalue weighted by atomic mass is 15.1. The molecule has 0 heterocycles. The average molecular weight is 455 g/mol. The number of aryl methyl sites for hydroxylation is 2. The number of anilines is 4. The Kier molecular flexibility index (Phi) is 4.76. The molecule has 5 aromatic rings. The lowest BCUT2D eigenvalue weighted by atomic mass is 9.82. The first-order chi connectivity index (χ1) is 16.9. The lowest BCUT2D eigenvalue weighted by Crippen LogP contribution is -2.16. The van der Waals surface area contributed by atoms with Crippen LogP contribution in [-0.2, 0) is 5.41 Å². The zero-order chi connectivity index (χ0) is 24.3. The monoisotopic (exact) mass is 454 g/mol. The fourth-order valence-corrected chi connectivity index (χ4v) is 5.86. The van der Waals surface area contributed by atoms with Gasteiger partial charge in [0.05, 0.1) is 5.69 Å². The van der Waals surface area contributed by atoms with Crippen molar-refractivity contribution in [2.75, 3.05) is 10.6 Å².